The molecule has 0 saturated heterocycles. The van der Waals surface area contributed by atoms with E-state index in [1.54, 1.807) is 12.4 Å². The van der Waals surface area contributed by atoms with Gasteiger partial charge in [0, 0.05) is 5.17 Å². The van der Waals surface area contributed by atoms with Crippen molar-refractivity contribution in [2.75, 3.05) is 0 Å². The summed E-state index contributed by atoms with van der Waals surface area (Å²) in [5, 5.41) is 7.91. The molecule has 0 aromatic heterocycles. The highest BCUT2D eigenvalue weighted by molar-refractivity contribution is 5.19. The minimum Gasteiger partial charge on any atom is -0.282 e. The van der Waals surface area contributed by atoms with Crippen LogP contribution in [0, 0.1) is 0 Å². The van der Waals surface area contributed by atoms with Gasteiger partial charge < -0.3 is 0 Å². The SMILES string of the molecule is C1=C[NH+](Oc2ccccc2)N=N1. The fraction of sp³-hybridized carbons (Fsp3) is 0. The third-order valence-electron chi connectivity index (χ3n) is 1.41. The van der Waals surface area contributed by atoms with E-state index in [4.69, 9.17) is 4.84 Å². The lowest BCUT2D eigenvalue weighted by Crippen LogP contribution is -3.03. The zero-order valence-electron chi connectivity index (χ0n) is 6.34. The molecule has 1 aliphatic rings. The highest BCUT2D eigenvalue weighted by Crippen LogP contribution is 2.05. The van der Waals surface area contributed by atoms with Gasteiger partial charge in [-0.05, 0) is 12.1 Å². The second-order valence-corrected chi connectivity index (χ2v) is 2.28. The monoisotopic (exact) mass is 162 g/mol. The van der Waals surface area contributed by atoms with Crippen LogP contribution >= 0.6 is 0 Å². The Bertz CT molecular complexity index is 295. The van der Waals surface area contributed by atoms with Gasteiger partial charge in [0.05, 0.1) is 5.22 Å². The van der Waals surface area contributed by atoms with Crippen molar-refractivity contribution in [3.05, 3.63) is 42.7 Å². The number of hydrogen-bond acceptors (Lipinski definition) is 3. The summed E-state index contributed by atoms with van der Waals surface area (Å²) in [5.74, 6) is 0.776. The Morgan fingerprint density at radius 2 is 2.00 bits per heavy atom. The summed E-state index contributed by atoms with van der Waals surface area (Å²) in [6.45, 7) is 0. The standard InChI is InChI=1S/C8H7N3O/c1-2-4-8(5-3-1)12-11-7-6-9-10-11/h1-7H/p+1. The average Bonchev–Trinajstić information content (AvgIpc) is 2.59. The molecular formula is C8H8N3O+. The Morgan fingerprint density at radius 1 is 1.17 bits per heavy atom. The summed E-state index contributed by atoms with van der Waals surface area (Å²) in [5.41, 5.74) is 0. The summed E-state index contributed by atoms with van der Waals surface area (Å²) in [4.78, 5) is 5.34. The molecule has 2 rings (SSSR count). The number of rotatable bonds is 2. The van der Waals surface area contributed by atoms with Crippen molar-refractivity contribution >= 4 is 0 Å². The maximum atomic E-state index is 5.34. The third kappa shape index (κ3) is 1.49. The number of hydrogen-bond donors (Lipinski definition) is 1. The Kier molecular flexibility index (Phi) is 1.83. The Hall–Kier alpha value is -1.68. The van der Waals surface area contributed by atoms with Crippen molar-refractivity contribution in [2.45, 2.75) is 0 Å². The van der Waals surface area contributed by atoms with Crippen molar-refractivity contribution in [2.24, 2.45) is 10.3 Å². The first-order chi connectivity index (χ1) is 5.95. The van der Waals surface area contributed by atoms with Crippen LogP contribution in [0.1, 0.15) is 0 Å². The summed E-state index contributed by atoms with van der Waals surface area (Å²) < 4.78 is 0. The highest BCUT2D eigenvalue weighted by atomic mass is 16.7. The molecule has 1 aromatic carbocycles. The van der Waals surface area contributed by atoms with Gasteiger partial charge in [-0.3, -0.25) is 4.84 Å². The molecule has 0 spiro atoms. The number of hydroxylamine groups is 1. The molecular weight excluding hydrogens is 154 g/mol. The smallest absolute Gasteiger partial charge is 0.194 e. The topological polar surface area (TPSA) is 38.4 Å². The lowest BCUT2D eigenvalue weighted by molar-refractivity contribution is -1.03. The van der Waals surface area contributed by atoms with Gasteiger partial charge in [-0.15, -0.1) is 0 Å². The van der Waals surface area contributed by atoms with Crippen molar-refractivity contribution in [3.8, 4) is 5.75 Å². The van der Waals surface area contributed by atoms with E-state index in [0.29, 0.717) is 5.17 Å². The molecule has 0 aliphatic carbocycles. The first-order valence-corrected chi connectivity index (χ1v) is 3.62. The average molecular weight is 162 g/mol. The molecule has 0 fully saturated rings. The van der Waals surface area contributed by atoms with Crippen molar-refractivity contribution in [1.29, 1.82) is 0 Å². The van der Waals surface area contributed by atoms with E-state index in [9.17, 15) is 0 Å². The molecule has 4 heteroatoms. The first kappa shape index (κ1) is 7.00. The van der Waals surface area contributed by atoms with E-state index in [1.165, 1.54) is 0 Å². The van der Waals surface area contributed by atoms with Crippen molar-refractivity contribution in [1.82, 2.24) is 0 Å². The van der Waals surface area contributed by atoms with Gasteiger partial charge in [0.15, 0.2) is 11.9 Å². The molecule has 12 heavy (non-hydrogen) atoms. The molecule has 1 N–H and O–H groups in total. The van der Waals surface area contributed by atoms with Crippen LogP contribution in [0.15, 0.2) is 53.1 Å². The van der Waals surface area contributed by atoms with Gasteiger partial charge in [0.2, 0.25) is 0 Å². The van der Waals surface area contributed by atoms with Crippen LogP contribution in [-0.4, -0.2) is 0 Å². The predicted octanol–water partition coefficient (Wildman–Crippen LogP) is 0.717. The third-order valence-corrected chi connectivity index (χ3v) is 1.41. The molecule has 60 valence electrons. The lowest BCUT2D eigenvalue weighted by atomic mass is 10.3. The van der Waals surface area contributed by atoms with Gasteiger partial charge in [-0.2, -0.15) is 0 Å². The molecule has 0 amide bonds. The van der Waals surface area contributed by atoms with Crippen LogP contribution in [0.2, 0.25) is 0 Å². The van der Waals surface area contributed by atoms with Crippen LogP contribution in [-0.2, 0) is 0 Å². The van der Waals surface area contributed by atoms with E-state index in [2.05, 4.69) is 10.3 Å². The number of nitrogens with zero attached hydrogens (tertiary/aromatic N) is 2. The highest BCUT2D eigenvalue weighted by Gasteiger charge is 2.08. The van der Waals surface area contributed by atoms with Crippen molar-refractivity contribution in [3.63, 3.8) is 0 Å². The molecule has 1 atom stereocenters. The van der Waals surface area contributed by atoms with Gasteiger partial charge in [-0.25, -0.2) is 0 Å². The zero-order valence-corrected chi connectivity index (χ0v) is 6.34. The Morgan fingerprint density at radius 3 is 2.67 bits per heavy atom. The van der Waals surface area contributed by atoms with E-state index in [0.717, 1.165) is 5.75 Å². The molecule has 0 radical (unpaired) electrons. The predicted molar refractivity (Wildman–Crippen MR) is 42.0 cm³/mol. The van der Waals surface area contributed by atoms with E-state index < -0.39 is 0 Å². The zero-order chi connectivity index (χ0) is 8.23. The number of benzene rings is 1. The Labute approximate surface area is 69.7 Å². The number of quaternary nitrogens is 1. The quantitative estimate of drug-likeness (QED) is 0.683. The van der Waals surface area contributed by atoms with E-state index in [-0.39, 0.29) is 0 Å². The van der Waals surface area contributed by atoms with Crippen LogP contribution < -0.4 is 10.0 Å². The molecule has 1 heterocycles. The van der Waals surface area contributed by atoms with E-state index in [1.807, 2.05) is 30.3 Å². The van der Waals surface area contributed by atoms with Crippen LogP contribution in [0.25, 0.3) is 0 Å². The summed E-state index contributed by atoms with van der Waals surface area (Å²) in [6, 6.07) is 9.49. The number of nitrogens with one attached hydrogen (secondary N) is 1. The summed E-state index contributed by atoms with van der Waals surface area (Å²) >= 11 is 0. The minimum absolute atomic E-state index is 0.529. The van der Waals surface area contributed by atoms with Gasteiger partial charge in [0.25, 0.3) is 0 Å². The van der Waals surface area contributed by atoms with Crippen LogP contribution in [0.3, 0.4) is 0 Å². The fourth-order valence-corrected chi connectivity index (χ4v) is 0.884. The molecule has 0 saturated carbocycles. The van der Waals surface area contributed by atoms with Gasteiger partial charge >= 0.3 is 0 Å². The molecule has 1 unspecified atom stereocenters. The maximum Gasteiger partial charge on any atom is 0.194 e. The maximum absolute atomic E-state index is 5.34. The lowest BCUT2D eigenvalue weighted by Gasteiger charge is -2.02. The molecule has 1 aromatic rings. The fourth-order valence-electron chi connectivity index (χ4n) is 0.884. The molecule has 1 aliphatic heterocycles. The second-order valence-electron chi connectivity index (χ2n) is 2.28. The summed E-state index contributed by atoms with van der Waals surface area (Å²) in [7, 11) is 0. The van der Waals surface area contributed by atoms with Crippen LogP contribution in [0.5, 0.6) is 5.75 Å². The molecule has 0 bridgehead atoms. The largest absolute Gasteiger partial charge is 0.282 e. The van der Waals surface area contributed by atoms with Crippen LogP contribution in [0.4, 0.5) is 0 Å². The van der Waals surface area contributed by atoms with Crippen molar-refractivity contribution < 1.29 is 10.0 Å². The van der Waals surface area contributed by atoms with Gasteiger partial charge in [-0.1, -0.05) is 23.3 Å². The second kappa shape index (κ2) is 3.15. The normalized spacial score (nSPS) is 19.8. The number of para-hydroxylation sites is 1. The van der Waals surface area contributed by atoms with Gasteiger partial charge in [0.1, 0.15) is 6.20 Å². The minimum atomic E-state index is 0.529. The molecule has 4 nitrogen and oxygen atoms in total. The Balaban J connectivity index is 2.04. The first-order valence-electron chi connectivity index (χ1n) is 3.62. The van der Waals surface area contributed by atoms with E-state index >= 15 is 0 Å². The summed E-state index contributed by atoms with van der Waals surface area (Å²) in [6.07, 6.45) is 3.31.